The third kappa shape index (κ3) is 4.19. The van der Waals surface area contributed by atoms with Gasteiger partial charge in [0.15, 0.2) is 17.5 Å². The first-order valence-corrected chi connectivity index (χ1v) is 13.1. The Bertz CT molecular complexity index is 1850. The summed E-state index contributed by atoms with van der Waals surface area (Å²) in [5.74, 6) is -0.712. The lowest BCUT2D eigenvalue weighted by atomic mass is 10.1. The Balaban J connectivity index is 1.45. The summed E-state index contributed by atoms with van der Waals surface area (Å²) >= 11 is 6.62. The van der Waals surface area contributed by atoms with Crippen molar-refractivity contribution >= 4 is 11.6 Å². The van der Waals surface area contributed by atoms with E-state index in [9.17, 15) is 4.79 Å². The smallest absolute Gasteiger partial charge is 0.274 e. The Hall–Kier alpha value is -4.31. The van der Waals surface area contributed by atoms with Gasteiger partial charge in [0.05, 0.1) is 5.69 Å². The van der Waals surface area contributed by atoms with Gasteiger partial charge in [0, 0.05) is 41.5 Å². The molecule has 1 fully saturated rings. The lowest BCUT2D eigenvalue weighted by molar-refractivity contribution is 0.588. The maximum atomic E-state index is 16.3. The third-order valence-electron chi connectivity index (χ3n) is 7.22. The van der Waals surface area contributed by atoms with Gasteiger partial charge in [-0.25, -0.2) is 18.7 Å². The molecule has 8 nitrogen and oxygen atoms in total. The average molecular weight is 560 g/mol. The monoisotopic (exact) mass is 559 g/mol. The molecule has 5 heterocycles. The number of hydrogen-bond donors (Lipinski definition) is 0. The minimum Gasteiger partial charge on any atom is -0.277 e. The molecule has 1 unspecified atom stereocenters. The van der Waals surface area contributed by atoms with Crippen LogP contribution in [0.5, 0.6) is 0 Å². The van der Waals surface area contributed by atoms with Crippen LogP contribution in [0.25, 0.3) is 22.8 Å². The van der Waals surface area contributed by atoms with Crippen molar-refractivity contribution in [1.29, 1.82) is 0 Å². The van der Waals surface area contributed by atoms with Gasteiger partial charge in [0.1, 0.15) is 22.4 Å². The predicted molar refractivity (Wildman–Crippen MR) is 146 cm³/mol. The topological polar surface area (TPSA) is 91.4 Å². The van der Waals surface area contributed by atoms with Crippen LogP contribution in [-0.4, -0.2) is 34.3 Å². The van der Waals surface area contributed by atoms with Gasteiger partial charge in [-0.2, -0.15) is 4.68 Å². The van der Waals surface area contributed by atoms with Crippen molar-refractivity contribution in [2.45, 2.75) is 46.0 Å². The molecule has 0 radical (unpaired) electrons. The van der Waals surface area contributed by atoms with Crippen LogP contribution >= 0.6 is 11.6 Å². The Kier molecular flexibility index (Phi) is 6.29. The van der Waals surface area contributed by atoms with Crippen molar-refractivity contribution in [3.05, 3.63) is 110 Å². The van der Waals surface area contributed by atoms with Gasteiger partial charge in [-0.15, -0.1) is 5.10 Å². The standard InChI is InChI=1S/C29H24ClF2N7O/c1-14-13-35-26(18-8-10-34-28(24(18)31)39-17(4)36-16(3)37-39)25(32)27(14)38-15(2)11-21(23(30)29(38)40)19-12-20(19)22-7-5-6-9-33-22/h5-11,13,19-20H,12H2,1-4H3/t19-,20?/m1/s1. The molecule has 0 N–H and O–H groups in total. The number of nitrogens with zero attached hydrogens (tertiary/aromatic N) is 7. The summed E-state index contributed by atoms with van der Waals surface area (Å²) in [5, 5.41) is 4.22. The van der Waals surface area contributed by atoms with Gasteiger partial charge in [0.2, 0.25) is 0 Å². The first-order valence-electron chi connectivity index (χ1n) is 12.7. The molecular formula is C29H24ClF2N7O. The van der Waals surface area contributed by atoms with Crippen molar-refractivity contribution in [2.75, 3.05) is 0 Å². The molecule has 5 aromatic rings. The molecule has 0 aromatic carbocycles. The largest absolute Gasteiger partial charge is 0.277 e. The van der Waals surface area contributed by atoms with E-state index < -0.39 is 17.2 Å². The molecule has 0 aliphatic heterocycles. The molecule has 6 rings (SSSR count). The van der Waals surface area contributed by atoms with Crippen LogP contribution in [0.2, 0.25) is 5.02 Å². The van der Waals surface area contributed by atoms with Crippen LogP contribution < -0.4 is 5.56 Å². The summed E-state index contributed by atoms with van der Waals surface area (Å²) in [7, 11) is 0. The highest BCUT2D eigenvalue weighted by Gasteiger charge is 2.42. The van der Waals surface area contributed by atoms with Crippen LogP contribution in [0.15, 0.2) is 53.7 Å². The lowest BCUT2D eigenvalue weighted by Gasteiger charge is -2.18. The van der Waals surface area contributed by atoms with Crippen molar-refractivity contribution in [1.82, 2.24) is 34.3 Å². The van der Waals surface area contributed by atoms with Gasteiger partial charge in [0.25, 0.3) is 5.56 Å². The Morgan fingerprint density at radius 1 is 0.975 bits per heavy atom. The molecule has 1 aliphatic rings. The minimum atomic E-state index is -0.852. The molecule has 0 saturated heterocycles. The SMILES string of the molecule is Cc1nc(C)n(-c2nccc(-c3ncc(C)c(-n4c(C)cc([C@@H]5CC5c5ccccn5)c(Cl)c4=O)c3F)c2F)n1. The molecule has 1 aliphatic carbocycles. The molecule has 11 heteroatoms. The maximum Gasteiger partial charge on any atom is 0.274 e. The first-order chi connectivity index (χ1) is 19.2. The summed E-state index contributed by atoms with van der Waals surface area (Å²) < 4.78 is 34.5. The van der Waals surface area contributed by atoms with E-state index in [0.717, 1.165) is 12.1 Å². The highest BCUT2D eigenvalue weighted by molar-refractivity contribution is 6.31. The molecule has 0 spiro atoms. The summed E-state index contributed by atoms with van der Waals surface area (Å²) in [6.07, 6.45) is 5.32. The zero-order chi connectivity index (χ0) is 28.3. The zero-order valence-corrected chi connectivity index (χ0v) is 22.9. The highest BCUT2D eigenvalue weighted by atomic mass is 35.5. The fraction of sp³-hybridized carbons (Fsp3) is 0.241. The molecule has 2 atom stereocenters. The first kappa shape index (κ1) is 25.9. The van der Waals surface area contributed by atoms with Crippen molar-refractivity contribution in [2.24, 2.45) is 0 Å². The molecule has 202 valence electrons. The van der Waals surface area contributed by atoms with Gasteiger partial charge in [-0.05, 0) is 75.4 Å². The van der Waals surface area contributed by atoms with Crippen LogP contribution in [0.4, 0.5) is 8.78 Å². The summed E-state index contributed by atoms with van der Waals surface area (Å²) in [6.45, 7) is 6.70. The fourth-order valence-electron chi connectivity index (χ4n) is 5.25. The van der Waals surface area contributed by atoms with Crippen LogP contribution in [0.3, 0.4) is 0 Å². The number of pyridine rings is 4. The van der Waals surface area contributed by atoms with E-state index in [2.05, 4.69) is 25.0 Å². The van der Waals surface area contributed by atoms with Gasteiger partial charge < -0.3 is 0 Å². The quantitative estimate of drug-likeness (QED) is 0.274. The van der Waals surface area contributed by atoms with E-state index in [0.29, 0.717) is 28.5 Å². The van der Waals surface area contributed by atoms with Crippen LogP contribution in [0.1, 0.15) is 52.4 Å². The van der Waals surface area contributed by atoms with E-state index in [1.54, 1.807) is 33.9 Å². The van der Waals surface area contributed by atoms with E-state index in [1.807, 2.05) is 24.3 Å². The number of aromatic nitrogens is 7. The minimum absolute atomic E-state index is 0.0283. The van der Waals surface area contributed by atoms with E-state index in [4.69, 9.17) is 11.6 Å². The second-order valence-corrected chi connectivity index (χ2v) is 10.3. The summed E-state index contributed by atoms with van der Waals surface area (Å²) in [5.41, 5.74) is 1.58. The fourth-order valence-corrected chi connectivity index (χ4v) is 5.53. The average Bonchev–Trinajstić information content (AvgIpc) is 3.66. The molecule has 40 heavy (non-hydrogen) atoms. The number of rotatable bonds is 5. The number of aryl methyl sites for hydroxylation is 4. The maximum absolute atomic E-state index is 16.3. The molecule has 5 aromatic heterocycles. The zero-order valence-electron chi connectivity index (χ0n) is 22.2. The lowest BCUT2D eigenvalue weighted by Crippen LogP contribution is -2.24. The number of halogens is 3. The normalized spacial score (nSPS) is 16.4. The van der Waals surface area contributed by atoms with Gasteiger partial charge in [-0.1, -0.05) is 17.7 Å². The van der Waals surface area contributed by atoms with E-state index >= 15 is 8.78 Å². The van der Waals surface area contributed by atoms with Gasteiger partial charge in [-0.3, -0.25) is 19.3 Å². The highest BCUT2D eigenvalue weighted by Crippen LogP contribution is 2.55. The summed E-state index contributed by atoms with van der Waals surface area (Å²) in [4.78, 5) is 30.5. The second kappa shape index (κ2) is 9.71. The molecular weight excluding hydrogens is 536 g/mol. The second-order valence-electron chi connectivity index (χ2n) is 9.97. The van der Waals surface area contributed by atoms with E-state index in [-0.39, 0.29) is 39.6 Å². The molecule has 0 amide bonds. The van der Waals surface area contributed by atoms with Crippen LogP contribution in [0, 0.1) is 39.3 Å². The Morgan fingerprint density at radius 2 is 1.77 bits per heavy atom. The Labute approximate surface area is 233 Å². The van der Waals surface area contributed by atoms with Crippen molar-refractivity contribution in [3.63, 3.8) is 0 Å². The van der Waals surface area contributed by atoms with Crippen LogP contribution in [-0.2, 0) is 0 Å². The Morgan fingerprint density at radius 3 is 2.48 bits per heavy atom. The van der Waals surface area contributed by atoms with Crippen molar-refractivity contribution < 1.29 is 8.78 Å². The molecule has 1 saturated carbocycles. The number of hydrogen-bond acceptors (Lipinski definition) is 6. The van der Waals surface area contributed by atoms with Gasteiger partial charge >= 0.3 is 0 Å². The predicted octanol–water partition coefficient (Wildman–Crippen LogP) is 5.71. The van der Waals surface area contributed by atoms with E-state index in [1.165, 1.54) is 27.7 Å². The summed E-state index contributed by atoms with van der Waals surface area (Å²) in [6, 6.07) is 8.89. The third-order valence-corrected chi connectivity index (χ3v) is 7.60. The molecule has 0 bridgehead atoms. The van der Waals surface area contributed by atoms with Crippen molar-refractivity contribution in [3.8, 4) is 22.8 Å².